The summed E-state index contributed by atoms with van der Waals surface area (Å²) in [5.74, 6) is 0. The molecule has 0 atom stereocenters. The van der Waals surface area contributed by atoms with Gasteiger partial charge in [-0.25, -0.2) is 0 Å². The van der Waals surface area contributed by atoms with Crippen molar-refractivity contribution in [3.63, 3.8) is 0 Å². The van der Waals surface area contributed by atoms with Crippen LogP contribution in [-0.2, 0) is 12.8 Å². The van der Waals surface area contributed by atoms with Gasteiger partial charge in [-0.3, -0.25) is 15.0 Å². The third-order valence-electron chi connectivity index (χ3n) is 9.51. The monoisotopic (exact) mass is 662 g/mol. The number of nitrogens with one attached hydrogen (secondary N) is 1. The Morgan fingerprint density at radius 2 is 1.37 bits per heavy atom. The molecule has 0 saturated heterocycles. The highest BCUT2D eigenvalue weighted by Gasteiger charge is 2.17. The van der Waals surface area contributed by atoms with E-state index < -0.39 is 0 Å². The van der Waals surface area contributed by atoms with Gasteiger partial charge in [-0.15, -0.1) is 13.2 Å². The van der Waals surface area contributed by atoms with Crippen LogP contribution in [0, 0.1) is 0 Å². The van der Waals surface area contributed by atoms with E-state index in [1.54, 1.807) is 0 Å². The number of allylic oxidation sites excluding steroid dienone is 4. The van der Waals surface area contributed by atoms with Crippen molar-refractivity contribution < 1.29 is 0 Å². The Morgan fingerprint density at radius 1 is 0.686 bits per heavy atom. The minimum Gasteiger partial charge on any atom is -0.382 e. The summed E-state index contributed by atoms with van der Waals surface area (Å²) in [6, 6.07) is 36.8. The summed E-state index contributed by atoms with van der Waals surface area (Å²) in [5.41, 5.74) is 14.5. The van der Waals surface area contributed by atoms with Gasteiger partial charge in [0.05, 0.1) is 33.1 Å². The van der Waals surface area contributed by atoms with Crippen LogP contribution >= 0.6 is 0 Å². The zero-order chi connectivity index (χ0) is 34.7. The Balaban J connectivity index is 0.00000184. The number of rotatable bonds is 7. The van der Waals surface area contributed by atoms with Crippen molar-refractivity contribution in [2.45, 2.75) is 19.8 Å². The molecule has 1 aliphatic rings. The number of aryl methyl sites for hydroxylation is 2. The number of hydrogen-bond acceptors (Lipinski definition) is 4. The summed E-state index contributed by atoms with van der Waals surface area (Å²) in [6.07, 6.45) is 16.0. The fourth-order valence-electron chi connectivity index (χ4n) is 7.16. The first-order valence-corrected chi connectivity index (χ1v) is 17.3. The number of fused-ring (bicyclic) bond motifs is 6. The van der Waals surface area contributed by atoms with Crippen LogP contribution < -0.4 is 5.32 Å². The SMILES string of the molecule is C/C(=C/C1=CC=CCN1)c1ccc2c(c1)c1ncccc1n2-c1cccc(-n2c3ccc(CCc4ccccn4)cc3c3ncccc32)c1.C=C. The highest BCUT2D eigenvalue weighted by molar-refractivity contribution is 6.09. The zero-order valence-corrected chi connectivity index (χ0v) is 28.6. The maximum absolute atomic E-state index is 4.88. The third-order valence-corrected chi connectivity index (χ3v) is 9.51. The summed E-state index contributed by atoms with van der Waals surface area (Å²) >= 11 is 0. The zero-order valence-electron chi connectivity index (χ0n) is 28.6. The van der Waals surface area contributed by atoms with Crippen molar-refractivity contribution in [2.24, 2.45) is 0 Å². The third kappa shape index (κ3) is 5.91. The summed E-state index contributed by atoms with van der Waals surface area (Å²) < 4.78 is 4.67. The van der Waals surface area contributed by atoms with E-state index in [0.29, 0.717) is 0 Å². The maximum atomic E-state index is 4.88. The Bertz CT molecular complexity index is 2640. The van der Waals surface area contributed by atoms with Gasteiger partial charge in [0.2, 0.25) is 0 Å². The normalized spacial score (nSPS) is 13.0. The van der Waals surface area contributed by atoms with Gasteiger partial charge in [0.25, 0.3) is 0 Å². The Kier molecular flexibility index (Phi) is 8.56. The minimum absolute atomic E-state index is 0.851. The largest absolute Gasteiger partial charge is 0.382 e. The Hall–Kier alpha value is -6.53. The molecule has 0 unspecified atom stereocenters. The molecule has 0 spiro atoms. The molecule has 0 radical (unpaired) electrons. The fourth-order valence-corrected chi connectivity index (χ4v) is 7.16. The molecule has 248 valence electrons. The van der Waals surface area contributed by atoms with Gasteiger partial charge < -0.3 is 14.5 Å². The molecule has 0 fully saturated rings. The van der Waals surface area contributed by atoms with Crippen LogP contribution in [0.25, 0.3) is 60.8 Å². The number of dihydropyridines is 1. The van der Waals surface area contributed by atoms with E-state index in [-0.39, 0.29) is 0 Å². The molecular formula is C45H38N6. The molecule has 6 heterocycles. The lowest BCUT2D eigenvalue weighted by molar-refractivity contribution is 0.915. The van der Waals surface area contributed by atoms with Crippen LogP contribution in [0.1, 0.15) is 23.7 Å². The number of nitrogens with zero attached hydrogens (tertiary/aromatic N) is 5. The maximum Gasteiger partial charge on any atom is 0.0963 e. The Morgan fingerprint density at radius 3 is 2.04 bits per heavy atom. The smallest absolute Gasteiger partial charge is 0.0963 e. The van der Waals surface area contributed by atoms with Crippen molar-refractivity contribution in [1.29, 1.82) is 0 Å². The lowest BCUT2D eigenvalue weighted by Crippen LogP contribution is -2.13. The molecule has 0 amide bonds. The molecular weight excluding hydrogens is 625 g/mol. The summed E-state index contributed by atoms with van der Waals surface area (Å²) in [6.45, 7) is 9.02. The van der Waals surface area contributed by atoms with Crippen molar-refractivity contribution in [3.05, 3.63) is 182 Å². The number of hydrogen-bond donors (Lipinski definition) is 1. The topological polar surface area (TPSA) is 60.6 Å². The average molecular weight is 663 g/mol. The summed E-state index contributed by atoms with van der Waals surface area (Å²) in [7, 11) is 0. The molecule has 51 heavy (non-hydrogen) atoms. The van der Waals surface area contributed by atoms with Crippen LogP contribution in [0.15, 0.2) is 165 Å². The van der Waals surface area contributed by atoms with Gasteiger partial charge in [-0.2, -0.15) is 0 Å². The second-order valence-electron chi connectivity index (χ2n) is 12.6. The summed E-state index contributed by atoms with van der Waals surface area (Å²) in [5, 5.41) is 5.73. The highest BCUT2D eigenvalue weighted by Crippen LogP contribution is 2.36. The molecule has 6 heteroatoms. The van der Waals surface area contributed by atoms with E-state index in [1.165, 1.54) is 16.7 Å². The standard InChI is InChI=1S/C43H34N6.C2H4/c1-29(25-33-10-3-5-22-45-33)31-17-20-39-37(27-31)43-41(14-8-24-47-43)49(39)35-12-6-11-34(28-35)48-38-19-16-30(15-18-32-9-2-4-21-44-32)26-36(38)42-40(48)13-7-23-46-42;1-2/h2-14,16-17,19-21,23-28,45H,15,18,22H2,1H3;1-2H2/b29-25-;. The van der Waals surface area contributed by atoms with Crippen molar-refractivity contribution in [2.75, 3.05) is 6.54 Å². The van der Waals surface area contributed by atoms with Crippen molar-refractivity contribution in [3.8, 4) is 11.4 Å². The first-order chi connectivity index (χ1) is 25.2. The number of aromatic nitrogens is 5. The fraction of sp³-hybridized carbons (Fsp3) is 0.0889. The molecule has 0 saturated carbocycles. The number of benzene rings is 3. The van der Waals surface area contributed by atoms with Gasteiger partial charge in [0, 0.05) is 58.7 Å². The molecule has 9 rings (SSSR count). The molecule has 3 aromatic carbocycles. The van der Waals surface area contributed by atoms with E-state index in [1.807, 2.05) is 36.8 Å². The van der Waals surface area contributed by atoms with Crippen LogP contribution in [0.3, 0.4) is 0 Å². The van der Waals surface area contributed by atoms with Gasteiger partial charge in [0.15, 0.2) is 0 Å². The molecule has 5 aromatic heterocycles. The van der Waals surface area contributed by atoms with E-state index in [4.69, 9.17) is 9.97 Å². The van der Waals surface area contributed by atoms with Crippen LogP contribution in [0.5, 0.6) is 0 Å². The molecule has 1 aliphatic heterocycles. The van der Waals surface area contributed by atoms with E-state index in [2.05, 4.69) is 149 Å². The predicted molar refractivity (Wildman–Crippen MR) is 212 cm³/mol. The lowest BCUT2D eigenvalue weighted by atomic mass is 10.0. The van der Waals surface area contributed by atoms with Gasteiger partial charge >= 0.3 is 0 Å². The predicted octanol–water partition coefficient (Wildman–Crippen LogP) is 10.1. The van der Waals surface area contributed by atoms with E-state index >= 15 is 0 Å². The number of pyridine rings is 3. The minimum atomic E-state index is 0.851. The average Bonchev–Trinajstić information content (AvgIpc) is 3.71. The van der Waals surface area contributed by atoms with Gasteiger partial charge in [-0.1, -0.05) is 36.4 Å². The molecule has 6 nitrogen and oxygen atoms in total. The van der Waals surface area contributed by atoms with E-state index in [0.717, 1.165) is 86.0 Å². The molecule has 8 aromatic rings. The van der Waals surface area contributed by atoms with Crippen LogP contribution in [-0.4, -0.2) is 30.6 Å². The Labute approximate surface area is 297 Å². The van der Waals surface area contributed by atoms with E-state index in [9.17, 15) is 0 Å². The quantitative estimate of drug-likeness (QED) is 0.173. The highest BCUT2D eigenvalue weighted by atomic mass is 15.0. The van der Waals surface area contributed by atoms with Crippen molar-refractivity contribution >= 4 is 49.4 Å². The summed E-state index contributed by atoms with van der Waals surface area (Å²) in [4.78, 5) is 14.3. The lowest BCUT2D eigenvalue weighted by Gasteiger charge is -2.13. The first kappa shape index (κ1) is 31.7. The second-order valence-corrected chi connectivity index (χ2v) is 12.6. The molecule has 0 aliphatic carbocycles. The van der Waals surface area contributed by atoms with Crippen LogP contribution in [0.2, 0.25) is 0 Å². The second kappa shape index (κ2) is 13.8. The van der Waals surface area contributed by atoms with Gasteiger partial charge in [-0.05, 0) is 127 Å². The molecule has 0 bridgehead atoms. The van der Waals surface area contributed by atoms with Crippen LogP contribution in [0.4, 0.5) is 0 Å². The molecule has 1 N–H and O–H groups in total. The van der Waals surface area contributed by atoms with Crippen molar-refractivity contribution in [1.82, 2.24) is 29.4 Å². The first-order valence-electron chi connectivity index (χ1n) is 17.3. The van der Waals surface area contributed by atoms with Gasteiger partial charge in [0.1, 0.15) is 0 Å².